The van der Waals surface area contributed by atoms with Crippen molar-refractivity contribution in [3.05, 3.63) is 35.4 Å². The highest BCUT2D eigenvalue weighted by molar-refractivity contribution is 5.76. The highest BCUT2D eigenvalue weighted by Gasteiger charge is 2.22. The number of aliphatic hydroxyl groups is 1. The van der Waals surface area contributed by atoms with Gasteiger partial charge in [-0.2, -0.15) is 0 Å². The molecule has 2 N–H and O–H groups in total. The molecule has 20 heavy (non-hydrogen) atoms. The van der Waals surface area contributed by atoms with Crippen molar-refractivity contribution in [1.82, 2.24) is 5.32 Å². The number of carbonyl (C=O) groups excluding carboxylic acids is 1. The quantitative estimate of drug-likeness (QED) is 0.840. The summed E-state index contributed by atoms with van der Waals surface area (Å²) in [7, 11) is 0. The zero-order chi connectivity index (χ0) is 15.4. The molecule has 1 rings (SSSR count). The maximum absolute atomic E-state index is 11.8. The van der Waals surface area contributed by atoms with Crippen LogP contribution in [-0.2, 0) is 10.2 Å². The molecular formula is C17H27NO2. The van der Waals surface area contributed by atoms with E-state index in [9.17, 15) is 9.90 Å². The van der Waals surface area contributed by atoms with E-state index in [2.05, 4.69) is 50.4 Å². The molecule has 1 amide bonds. The molecule has 0 spiro atoms. The van der Waals surface area contributed by atoms with Gasteiger partial charge in [-0.15, -0.1) is 0 Å². The van der Waals surface area contributed by atoms with Gasteiger partial charge >= 0.3 is 0 Å². The summed E-state index contributed by atoms with van der Waals surface area (Å²) in [5, 5.41) is 12.4. The maximum Gasteiger partial charge on any atom is 0.220 e. The van der Waals surface area contributed by atoms with Crippen molar-refractivity contribution in [2.75, 3.05) is 6.54 Å². The van der Waals surface area contributed by atoms with Gasteiger partial charge in [-0.3, -0.25) is 4.79 Å². The average Bonchev–Trinajstić information content (AvgIpc) is 2.34. The minimum atomic E-state index is -0.859. The topological polar surface area (TPSA) is 49.3 Å². The smallest absolute Gasteiger partial charge is 0.220 e. The molecule has 0 aliphatic heterocycles. The van der Waals surface area contributed by atoms with Crippen LogP contribution in [0.2, 0.25) is 0 Å². The average molecular weight is 277 g/mol. The Labute approximate surface area is 122 Å². The molecule has 3 nitrogen and oxygen atoms in total. The number of carbonyl (C=O) groups is 1. The molecule has 112 valence electrons. The highest BCUT2D eigenvalue weighted by atomic mass is 16.3. The number of rotatable bonds is 6. The molecule has 0 fully saturated rings. The standard InChI is InChI=1S/C17H27NO2/c1-13-6-8-14(9-7-13)16(2,3)11-10-15(19)18-12-17(4,5)20/h6-9,20H,10-12H2,1-5H3,(H,18,19). The molecule has 3 heteroatoms. The van der Waals surface area contributed by atoms with Crippen molar-refractivity contribution < 1.29 is 9.90 Å². The van der Waals surface area contributed by atoms with E-state index in [1.54, 1.807) is 13.8 Å². The summed E-state index contributed by atoms with van der Waals surface area (Å²) in [6.07, 6.45) is 1.25. The van der Waals surface area contributed by atoms with Crippen LogP contribution in [0.3, 0.4) is 0 Å². The summed E-state index contributed by atoms with van der Waals surface area (Å²) < 4.78 is 0. The van der Waals surface area contributed by atoms with Gasteiger partial charge in [-0.1, -0.05) is 43.7 Å². The van der Waals surface area contributed by atoms with Crippen LogP contribution >= 0.6 is 0 Å². The Bertz CT molecular complexity index is 441. The Kier molecular flexibility index (Phi) is 5.35. The third kappa shape index (κ3) is 5.74. The lowest BCUT2D eigenvalue weighted by molar-refractivity contribution is -0.122. The van der Waals surface area contributed by atoms with E-state index >= 15 is 0 Å². The lowest BCUT2D eigenvalue weighted by Gasteiger charge is -2.25. The fourth-order valence-electron chi connectivity index (χ4n) is 1.98. The zero-order valence-electron chi connectivity index (χ0n) is 13.3. The second-order valence-electron chi connectivity index (χ2n) is 6.84. The normalized spacial score (nSPS) is 12.3. The first-order valence-electron chi connectivity index (χ1n) is 7.16. The molecule has 0 aliphatic rings. The SMILES string of the molecule is Cc1ccc(C(C)(C)CCC(=O)NCC(C)(C)O)cc1. The summed E-state index contributed by atoms with van der Waals surface area (Å²) in [6, 6.07) is 8.46. The number of hydrogen-bond acceptors (Lipinski definition) is 2. The van der Waals surface area contributed by atoms with Crippen LogP contribution in [0, 0.1) is 6.92 Å². The van der Waals surface area contributed by atoms with Crippen molar-refractivity contribution in [3.63, 3.8) is 0 Å². The molecule has 0 heterocycles. The molecule has 0 radical (unpaired) electrons. The van der Waals surface area contributed by atoms with Crippen molar-refractivity contribution in [2.45, 2.75) is 58.5 Å². The molecule has 0 atom stereocenters. The first kappa shape index (κ1) is 16.7. The fraction of sp³-hybridized carbons (Fsp3) is 0.588. The molecular weight excluding hydrogens is 250 g/mol. The minimum Gasteiger partial charge on any atom is -0.389 e. The van der Waals surface area contributed by atoms with E-state index in [1.807, 2.05) is 0 Å². The largest absolute Gasteiger partial charge is 0.389 e. The minimum absolute atomic E-state index is 0.00712. The number of amides is 1. The van der Waals surface area contributed by atoms with Crippen LogP contribution in [0.1, 0.15) is 51.7 Å². The molecule has 0 aromatic heterocycles. The Balaban J connectivity index is 2.51. The maximum atomic E-state index is 11.8. The molecule has 1 aromatic rings. The molecule has 0 bridgehead atoms. The van der Waals surface area contributed by atoms with Gasteiger partial charge in [-0.05, 0) is 38.2 Å². The summed E-state index contributed by atoms with van der Waals surface area (Å²) in [4.78, 5) is 11.8. The van der Waals surface area contributed by atoms with Gasteiger partial charge in [0.15, 0.2) is 0 Å². The predicted octanol–water partition coefficient (Wildman–Crippen LogP) is 2.94. The van der Waals surface area contributed by atoms with Gasteiger partial charge in [0.05, 0.1) is 5.60 Å². The lowest BCUT2D eigenvalue weighted by atomic mass is 9.80. The second kappa shape index (κ2) is 6.40. The number of aryl methyl sites for hydroxylation is 1. The predicted molar refractivity (Wildman–Crippen MR) is 82.7 cm³/mol. The number of nitrogens with one attached hydrogen (secondary N) is 1. The van der Waals surface area contributed by atoms with Crippen LogP contribution in [-0.4, -0.2) is 23.2 Å². The van der Waals surface area contributed by atoms with Gasteiger partial charge in [-0.25, -0.2) is 0 Å². The van der Waals surface area contributed by atoms with E-state index < -0.39 is 5.60 Å². The van der Waals surface area contributed by atoms with Crippen LogP contribution in [0.4, 0.5) is 0 Å². The fourth-order valence-corrected chi connectivity index (χ4v) is 1.98. The van der Waals surface area contributed by atoms with Gasteiger partial charge in [0.25, 0.3) is 0 Å². The van der Waals surface area contributed by atoms with Crippen molar-refractivity contribution in [3.8, 4) is 0 Å². The van der Waals surface area contributed by atoms with E-state index in [0.29, 0.717) is 6.42 Å². The van der Waals surface area contributed by atoms with Crippen molar-refractivity contribution >= 4 is 5.91 Å². The lowest BCUT2D eigenvalue weighted by Crippen LogP contribution is -2.38. The van der Waals surface area contributed by atoms with E-state index in [4.69, 9.17) is 0 Å². The summed E-state index contributed by atoms with van der Waals surface area (Å²) >= 11 is 0. The molecule has 0 saturated carbocycles. The Hall–Kier alpha value is -1.35. The van der Waals surface area contributed by atoms with Gasteiger partial charge < -0.3 is 10.4 Å². The highest BCUT2D eigenvalue weighted by Crippen LogP contribution is 2.28. The van der Waals surface area contributed by atoms with E-state index in [-0.39, 0.29) is 17.9 Å². The first-order chi connectivity index (χ1) is 9.10. The summed E-state index contributed by atoms with van der Waals surface area (Å²) in [5.41, 5.74) is 1.60. The summed E-state index contributed by atoms with van der Waals surface area (Å²) in [6.45, 7) is 10.0. The van der Waals surface area contributed by atoms with Crippen LogP contribution in [0.25, 0.3) is 0 Å². The Morgan fingerprint density at radius 1 is 1.15 bits per heavy atom. The van der Waals surface area contributed by atoms with E-state index in [1.165, 1.54) is 11.1 Å². The van der Waals surface area contributed by atoms with Crippen LogP contribution < -0.4 is 5.32 Å². The van der Waals surface area contributed by atoms with Gasteiger partial charge in [0.1, 0.15) is 0 Å². The van der Waals surface area contributed by atoms with Gasteiger partial charge in [0, 0.05) is 13.0 Å². The molecule has 1 aromatic carbocycles. The molecule has 0 aliphatic carbocycles. The van der Waals surface area contributed by atoms with Gasteiger partial charge in [0.2, 0.25) is 5.91 Å². The third-order valence-electron chi connectivity index (χ3n) is 3.53. The third-order valence-corrected chi connectivity index (χ3v) is 3.53. The Morgan fingerprint density at radius 2 is 1.70 bits per heavy atom. The summed E-state index contributed by atoms with van der Waals surface area (Å²) in [5.74, 6) is -0.00712. The Morgan fingerprint density at radius 3 is 2.20 bits per heavy atom. The van der Waals surface area contributed by atoms with Crippen LogP contribution in [0.15, 0.2) is 24.3 Å². The zero-order valence-corrected chi connectivity index (χ0v) is 13.3. The van der Waals surface area contributed by atoms with Crippen LogP contribution in [0.5, 0.6) is 0 Å². The molecule has 0 saturated heterocycles. The molecule has 0 unspecified atom stereocenters. The van der Waals surface area contributed by atoms with Crippen molar-refractivity contribution in [2.24, 2.45) is 0 Å². The monoisotopic (exact) mass is 277 g/mol. The van der Waals surface area contributed by atoms with Crippen molar-refractivity contribution in [1.29, 1.82) is 0 Å². The number of hydrogen-bond donors (Lipinski definition) is 2. The number of benzene rings is 1. The van der Waals surface area contributed by atoms with E-state index in [0.717, 1.165) is 6.42 Å². The second-order valence-corrected chi connectivity index (χ2v) is 6.84. The first-order valence-corrected chi connectivity index (χ1v) is 7.16.